The number of anilines is 2. The third kappa shape index (κ3) is 13.3. The fourth-order valence-electron chi connectivity index (χ4n) is 12.0. The van der Waals surface area contributed by atoms with Crippen LogP contribution in [0, 0.1) is 24.6 Å². The predicted octanol–water partition coefficient (Wildman–Crippen LogP) is 3.93. The number of ether oxygens (including phenoxy) is 7. The van der Waals surface area contributed by atoms with Crippen molar-refractivity contribution in [3.8, 4) is 29.0 Å². The number of halogens is 1. The van der Waals surface area contributed by atoms with Gasteiger partial charge in [-0.05, 0) is 90.4 Å². The summed E-state index contributed by atoms with van der Waals surface area (Å²) in [6, 6.07) is 21.3. The van der Waals surface area contributed by atoms with Crippen LogP contribution in [0.2, 0.25) is 0 Å². The van der Waals surface area contributed by atoms with Gasteiger partial charge in [0.25, 0.3) is 5.56 Å². The molecule has 8 N–H and O–H groups in total. The van der Waals surface area contributed by atoms with Gasteiger partial charge in [0.2, 0.25) is 24.0 Å². The molecule has 2 aromatic heterocycles. The summed E-state index contributed by atoms with van der Waals surface area (Å²) >= 11 is 0. The van der Waals surface area contributed by atoms with Crippen LogP contribution in [0.5, 0.6) is 5.75 Å². The van der Waals surface area contributed by atoms with Gasteiger partial charge in [0.1, 0.15) is 43.1 Å². The SMILES string of the molecule is CC[C@@]1(O)C(=O)OCc2c1cc1n(c2=O)Cc2c-1nc1cc(F)c(C)c3c1c2[C@@H](NC(=O)OCc1ccc(O[C@@H]2O[C@H](C(=O)O)[C@@H](O)[C@H](O)[C@H]2O)c(NC(=O)CCOCCOCCOCCNC(=O)CCC(=O)N2Cc4ccccc4C#Cc4ccccc42)c1)CC3. The molecule has 25 nitrogen and oxygen atoms in total. The Morgan fingerprint density at radius 2 is 1.54 bits per heavy atom. The van der Waals surface area contributed by atoms with E-state index in [1.165, 1.54) is 28.8 Å². The Kier molecular flexibility index (Phi) is 19.4. The Morgan fingerprint density at radius 1 is 0.815 bits per heavy atom. The van der Waals surface area contributed by atoms with Crippen molar-refractivity contribution < 1.29 is 91.8 Å². The average molecular weight is 1270 g/mol. The maximum Gasteiger partial charge on any atom is 0.407 e. The van der Waals surface area contributed by atoms with Gasteiger partial charge < -0.3 is 84.1 Å². The normalized spacial score (nSPS) is 20.7. The van der Waals surface area contributed by atoms with E-state index in [1.54, 1.807) is 24.8 Å². The van der Waals surface area contributed by atoms with Gasteiger partial charge in [0.15, 0.2) is 11.7 Å². The summed E-state index contributed by atoms with van der Waals surface area (Å²) in [4.78, 5) is 98.9. The maximum absolute atomic E-state index is 15.6. The van der Waals surface area contributed by atoms with Crippen molar-refractivity contribution in [3.05, 3.63) is 151 Å². The number of cyclic esters (lactones) is 1. The number of rotatable bonds is 23. The molecule has 0 saturated carbocycles. The molecule has 4 aliphatic heterocycles. The van der Waals surface area contributed by atoms with Crippen LogP contribution in [0.4, 0.5) is 20.6 Å². The molecule has 26 heteroatoms. The molecule has 0 unspecified atom stereocenters. The van der Waals surface area contributed by atoms with Gasteiger partial charge in [-0.2, -0.15) is 0 Å². The van der Waals surface area contributed by atoms with Crippen molar-refractivity contribution in [2.45, 2.75) is 121 Å². The number of nitrogens with zero attached hydrogens (tertiary/aromatic N) is 3. The summed E-state index contributed by atoms with van der Waals surface area (Å²) < 4.78 is 55.9. The third-order valence-electron chi connectivity index (χ3n) is 16.9. The van der Waals surface area contributed by atoms with E-state index in [0.29, 0.717) is 63.2 Å². The summed E-state index contributed by atoms with van der Waals surface area (Å²) in [6.07, 6.45) is -10.4. The highest BCUT2D eigenvalue weighted by molar-refractivity contribution is 5.97. The van der Waals surface area contributed by atoms with Gasteiger partial charge in [-0.15, -0.1) is 0 Å². The molecule has 92 heavy (non-hydrogen) atoms. The van der Waals surface area contributed by atoms with E-state index in [9.17, 15) is 59.1 Å². The molecule has 7 atom stereocenters. The second-order valence-electron chi connectivity index (χ2n) is 22.7. The Balaban J connectivity index is 0.666. The summed E-state index contributed by atoms with van der Waals surface area (Å²) in [5, 5.41) is 61.6. The average Bonchev–Trinajstić information content (AvgIpc) is 1.47. The first-order valence-electron chi connectivity index (χ1n) is 30.1. The molecule has 482 valence electrons. The predicted molar refractivity (Wildman–Crippen MR) is 323 cm³/mol. The number of aromatic nitrogens is 2. The summed E-state index contributed by atoms with van der Waals surface area (Å²) in [5.74, 6) is 2.04. The van der Waals surface area contributed by atoms with E-state index >= 15 is 4.39 Å². The minimum absolute atomic E-state index is 0.000920. The number of aryl methyl sites for hydroxylation is 1. The van der Waals surface area contributed by atoms with Crippen LogP contribution in [0.1, 0.15) is 101 Å². The molecular weight excluding hydrogens is 1200 g/mol. The summed E-state index contributed by atoms with van der Waals surface area (Å²) in [5.41, 5.74) is 4.13. The van der Waals surface area contributed by atoms with Gasteiger partial charge in [0, 0.05) is 53.1 Å². The number of alkyl carbamates (subject to hydrolysis) is 1. The molecule has 0 spiro atoms. The molecule has 6 heterocycles. The number of pyridine rings is 2. The number of aliphatic hydroxyl groups is 4. The molecule has 1 fully saturated rings. The van der Waals surface area contributed by atoms with E-state index in [0.717, 1.165) is 16.7 Å². The van der Waals surface area contributed by atoms with E-state index in [2.05, 4.69) is 27.8 Å². The largest absolute Gasteiger partial charge is 0.479 e. The van der Waals surface area contributed by atoms with E-state index < -0.39 is 84.3 Å². The maximum atomic E-state index is 15.6. The van der Waals surface area contributed by atoms with Crippen LogP contribution >= 0.6 is 0 Å². The van der Waals surface area contributed by atoms with Crippen LogP contribution in [0.15, 0.2) is 83.7 Å². The van der Waals surface area contributed by atoms with Crippen molar-refractivity contribution in [3.63, 3.8) is 0 Å². The quantitative estimate of drug-likeness (QED) is 0.0255. The Bertz CT molecular complexity index is 4030. The van der Waals surface area contributed by atoms with Crippen LogP contribution in [-0.2, 0) is 90.7 Å². The second kappa shape index (κ2) is 27.7. The number of carbonyl (C=O) groups excluding carboxylic acids is 5. The lowest BCUT2D eigenvalue weighted by molar-refractivity contribution is -0.271. The number of fused-ring (bicyclic) bond motifs is 7. The molecule has 1 aliphatic carbocycles. The number of esters is 1. The number of carboxylic acids is 1. The Hall–Kier alpha value is -9.17. The zero-order valence-electron chi connectivity index (χ0n) is 50.2. The molecule has 4 aromatic carbocycles. The molecule has 4 amide bonds. The van der Waals surface area contributed by atoms with E-state index in [4.69, 9.17) is 38.1 Å². The molecule has 1 saturated heterocycles. The number of hydrogen-bond acceptors (Lipinski definition) is 19. The van der Waals surface area contributed by atoms with Crippen molar-refractivity contribution in [2.75, 3.05) is 56.4 Å². The number of aliphatic hydroxyl groups excluding tert-OH is 3. The minimum Gasteiger partial charge on any atom is -0.479 e. The van der Waals surface area contributed by atoms with Gasteiger partial charge in [-0.1, -0.05) is 55.2 Å². The van der Waals surface area contributed by atoms with Crippen molar-refractivity contribution in [1.82, 2.24) is 20.2 Å². The molecule has 5 aliphatic rings. The first kappa shape index (κ1) is 64.4. The zero-order chi connectivity index (χ0) is 65.0. The topological polar surface area (TPSA) is 342 Å². The Labute approximate surface area is 525 Å². The first-order valence-corrected chi connectivity index (χ1v) is 30.1. The van der Waals surface area contributed by atoms with Crippen LogP contribution in [0.3, 0.4) is 0 Å². The number of benzene rings is 4. The number of nitrogens with one attached hydrogen (secondary N) is 3. The fourth-order valence-corrected chi connectivity index (χ4v) is 12.0. The standard InChI is InChI=1S/C66H67FN6O19/c1-3-66(85)43-29-49-56-41(32-73(49)61(80)42(43)34-89-64(66)83)55-45(16-15-40-35(2)44(67)30-47(70-56)54(40)55)71-65(84)90-33-36-12-17-50(91-63-59(79)57(77)58(78)60(92-63)62(81)82)46(28-36)69-52(75)20-22-86-24-26-88-27-25-87-23-21-68-51(74)18-19-53(76)72-31-39-10-5-4-8-37(39)13-14-38-9-6-7-11-48(38)72/h4-12,17,28-30,45,57-60,63,77-79,85H,3,15-16,18-27,31-34H2,1-2H3,(H,68,74)(H,69,75)(H,71,84)(H,81,82)/t45-,57-,58-,59+,60-,63+,66-/m0/s1. The highest BCUT2D eigenvalue weighted by atomic mass is 19.1. The van der Waals surface area contributed by atoms with Crippen LogP contribution in [-0.4, -0.2) is 148 Å². The molecule has 0 radical (unpaired) electrons. The number of hydrogen-bond donors (Lipinski definition) is 8. The smallest absolute Gasteiger partial charge is 0.407 e. The Morgan fingerprint density at radius 3 is 2.32 bits per heavy atom. The fraction of sp³-hybridized carbons (Fsp3) is 0.394. The van der Waals surface area contributed by atoms with Crippen molar-refractivity contribution in [2.24, 2.45) is 0 Å². The lowest BCUT2D eigenvalue weighted by atomic mass is 9.81. The molecule has 11 rings (SSSR count). The van der Waals surface area contributed by atoms with Crippen molar-refractivity contribution >= 4 is 58.0 Å². The molecule has 6 aromatic rings. The van der Waals surface area contributed by atoms with E-state index in [-0.39, 0.29) is 131 Å². The van der Waals surface area contributed by atoms with Gasteiger partial charge >= 0.3 is 18.0 Å². The van der Waals surface area contributed by atoms with Crippen LogP contribution < -0.4 is 31.1 Å². The lowest BCUT2D eigenvalue weighted by Crippen LogP contribution is -2.61. The number of carbonyl (C=O) groups is 6. The van der Waals surface area contributed by atoms with Crippen molar-refractivity contribution in [1.29, 1.82) is 0 Å². The number of carboxylic acid groups (broad SMARTS) is 1. The first-order chi connectivity index (χ1) is 44.3. The van der Waals surface area contributed by atoms with Gasteiger partial charge in [-0.3, -0.25) is 19.2 Å². The second-order valence-corrected chi connectivity index (χ2v) is 22.7. The zero-order valence-corrected chi connectivity index (χ0v) is 50.2. The van der Waals surface area contributed by atoms with Gasteiger partial charge in [0.05, 0.1) is 99.0 Å². The molecular formula is C66H67FN6O19. The number of para-hydroxylation sites is 1. The minimum atomic E-state index is -2.09. The third-order valence-corrected chi connectivity index (χ3v) is 16.9. The van der Waals surface area contributed by atoms with Crippen LogP contribution in [0.25, 0.3) is 22.3 Å². The highest BCUT2D eigenvalue weighted by Gasteiger charge is 2.49. The lowest BCUT2D eigenvalue weighted by Gasteiger charge is -2.38. The highest BCUT2D eigenvalue weighted by Crippen LogP contribution is 2.46. The van der Waals surface area contributed by atoms with Gasteiger partial charge in [-0.25, -0.2) is 23.8 Å². The monoisotopic (exact) mass is 1270 g/mol. The molecule has 0 bridgehead atoms. The summed E-state index contributed by atoms with van der Waals surface area (Å²) in [7, 11) is 0. The number of aliphatic carboxylic acids is 1. The summed E-state index contributed by atoms with van der Waals surface area (Å²) in [6.45, 7) is 3.82. The van der Waals surface area contributed by atoms with E-state index in [1.807, 2.05) is 48.5 Å². The number of amides is 4.